The number of furan rings is 1. The Balaban J connectivity index is 1.20. The van der Waals surface area contributed by atoms with Crippen LogP contribution in [-0.2, 0) is 0 Å². The highest BCUT2D eigenvalue weighted by molar-refractivity contribution is 6.27. The van der Waals surface area contributed by atoms with Crippen molar-refractivity contribution in [2.24, 2.45) is 0 Å². The number of nitrogens with zero attached hydrogens (tertiary/aromatic N) is 2. The number of hydrogen-bond donors (Lipinski definition) is 0. The fourth-order valence-electron chi connectivity index (χ4n) is 8.57. The summed E-state index contributed by atoms with van der Waals surface area (Å²) >= 11 is 0. The van der Waals surface area contributed by atoms with Crippen molar-refractivity contribution in [3.8, 4) is 39.1 Å². The Bertz CT molecular complexity index is 3100. The van der Waals surface area contributed by atoms with Crippen molar-refractivity contribution in [3.05, 3.63) is 218 Å². The van der Waals surface area contributed by atoms with Gasteiger partial charge in [0.05, 0.1) is 11.0 Å². The first-order chi connectivity index (χ1) is 28.3. The normalized spacial score (nSPS) is 11.5. The van der Waals surface area contributed by atoms with Gasteiger partial charge in [0.15, 0.2) is 0 Å². The summed E-state index contributed by atoms with van der Waals surface area (Å²) in [7, 11) is 0. The number of para-hydroxylation sites is 2. The van der Waals surface area contributed by atoms with Gasteiger partial charge in [0.25, 0.3) is 0 Å². The van der Waals surface area contributed by atoms with Gasteiger partial charge in [-0.05, 0) is 88.5 Å². The van der Waals surface area contributed by atoms with Gasteiger partial charge in [-0.2, -0.15) is 0 Å². The van der Waals surface area contributed by atoms with E-state index in [1.807, 2.05) is 6.07 Å². The molecule has 57 heavy (non-hydrogen) atoms. The van der Waals surface area contributed by atoms with Crippen LogP contribution < -0.4 is 4.90 Å². The highest BCUT2D eigenvalue weighted by Gasteiger charge is 2.24. The van der Waals surface area contributed by atoms with E-state index < -0.39 is 0 Å². The molecule has 0 spiro atoms. The maximum Gasteiger partial charge on any atom is 0.138 e. The predicted molar refractivity (Wildman–Crippen MR) is 239 cm³/mol. The van der Waals surface area contributed by atoms with Crippen molar-refractivity contribution in [1.82, 2.24) is 4.57 Å². The molecule has 0 amide bonds. The van der Waals surface area contributed by atoms with Crippen LogP contribution in [0.4, 0.5) is 17.1 Å². The van der Waals surface area contributed by atoms with Crippen molar-refractivity contribution in [3.63, 3.8) is 0 Å². The molecule has 3 heteroatoms. The van der Waals surface area contributed by atoms with Crippen LogP contribution in [0.25, 0.3) is 82.8 Å². The summed E-state index contributed by atoms with van der Waals surface area (Å²) in [6.07, 6.45) is 0. The Hall–Kier alpha value is -7.62. The summed E-state index contributed by atoms with van der Waals surface area (Å²) in [5.74, 6) is 0. The van der Waals surface area contributed by atoms with Gasteiger partial charge in [-0.1, -0.05) is 152 Å². The number of anilines is 3. The van der Waals surface area contributed by atoms with Crippen molar-refractivity contribution < 1.29 is 4.42 Å². The van der Waals surface area contributed by atoms with Crippen LogP contribution >= 0.6 is 0 Å². The Labute approximate surface area is 330 Å². The molecule has 0 bridgehead atoms. The van der Waals surface area contributed by atoms with Crippen molar-refractivity contribution in [2.45, 2.75) is 0 Å². The Kier molecular flexibility index (Phi) is 7.82. The van der Waals surface area contributed by atoms with E-state index in [1.165, 1.54) is 38.6 Å². The summed E-state index contributed by atoms with van der Waals surface area (Å²) in [6.45, 7) is 0. The second kappa shape index (κ2) is 13.6. The fourth-order valence-corrected chi connectivity index (χ4v) is 8.57. The van der Waals surface area contributed by atoms with Crippen LogP contribution in [0.15, 0.2) is 223 Å². The minimum absolute atomic E-state index is 0.876. The number of benzene rings is 9. The SMILES string of the molecule is c1ccc(-c2ccc(N(c3ccc(-c4ccccc4)cc3)c3ccc4c(c3)c3c(-c5ccccc5)c5c(cc3n4-c3ccccc3)oc3ccccc35)cc2)cc1. The van der Waals surface area contributed by atoms with Crippen LogP contribution in [0.1, 0.15) is 0 Å². The molecule has 0 N–H and O–H groups in total. The molecule has 11 rings (SSSR count). The molecule has 0 radical (unpaired) electrons. The minimum atomic E-state index is 0.876. The van der Waals surface area contributed by atoms with Gasteiger partial charge in [0, 0.05) is 55.9 Å². The van der Waals surface area contributed by atoms with Crippen LogP contribution in [0.3, 0.4) is 0 Å². The van der Waals surface area contributed by atoms with Crippen molar-refractivity contribution >= 4 is 60.8 Å². The lowest BCUT2D eigenvalue weighted by Crippen LogP contribution is -2.10. The molecule has 0 aliphatic heterocycles. The molecule has 0 saturated carbocycles. The van der Waals surface area contributed by atoms with E-state index in [0.29, 0.717) is 0 Å². The van der Waals surface area contributed by atoms with Crippen molar-refractivity contribution in [1.29, 1.82) is 0 Å². The largest absolute Gasteiger partial charge is 0.456 e. The molecule has 0 atom stereocenters. The summed E-state index contributed by atoms with van der Waals surface area (Å²) in [6, 6.07) is 78.0. The average Bonchev–Trinajstić information content (AvgIpc) is 3.82. The first kappa shape index (κ1) is 32.8. The summed E-state index contributed by atoms with van der Waals surface area (Å²) < 4.78 is 9.04. The van der Waals surface area contributed by atoms with Crippen LogP contribution in [0.5, 0.6) is 0 Å². The quantitative estimate of drug-likeness (QED) is 0.163. The summed E-state index contributed by atoms with van der Waals surface area (Å²) in [5, 5.41) is 4.61. The third kappa shape index (κ3) is 5.60. The lowest BCUT2D eigenvalue weighted by Gasteiger charge is -2.26. The molecule has 2 heterocycles. The number of rotatable bonds is 7. The smallest absolute Gasteiger partial charge is 0.138 e. The molecule has 268 valence electrons. The topological polar surface area (TPSA) is 21.3 Å². The standard InChI is InChI=1S/C54H36N2O/c1-5-15-37(16-6-1)39-25-29-43(30-26-39)55(44-31-27-40(28-32-44)38-17-7-2-8-18-38)45-33-34-48-47(35-45)53-49(56(48)42-21-11-4-12-22-42)36-51-54(46-23-13-14-24-50(46)57-51)52(53)41-19-9-3-10-20-41/h1-36H. The van der Waals surface area contributed by atoms with Gasteiger partial charge < -0.3 is 13.9 Å². The third-order valence-electron chi connectivity index (χ3n) is 11.2. The van der Waals surface area contributed by atoms with Gasteiger partial charge in [-0.15, -0.1) is 0 Å². The van der Waals surface area contributed by atoms with E-state index in [-0.39, 0.29) is 0 Å². The monoisotopic (exact) mass is 728 g/mol. The first-order valence-electron chi connectivity index (χ1n) is 19.4. The van der Waals surface area contributed by atoms with Crippen LogP contribution in [0.2, 0.25) is 0 Å². The van der Waals surface area contributed by atoms with E-state index in [4.69, 9.17) is 4.42 Å². The first-order valence-corrected chi connectivity index (χ1v) is 19.4. The Morgan fingerprint density at radius 3 is 1.42 bits per heavy atom. The van der Waals surface area contributed by atoms with E-state index >= 15 is 0 Å². The molecule has 0 saturated heterocycles. The zero-order valence-electron chi connectivity index (χ0n) is 31.1. The fraction of sp³-hybridized carbons (Fsp3) is 0. The molecular weight excluding hydrogens is 693 g/mol. The van der Waals surface area contributed by atoms with Crippen molar-refractivity contribution in [2.75, 3.05) is 4.90 Å². The van der Waals surface area contributed by atoms with Gasteiger partial charge in [-0.3, -0.25) is 0 Å². The summed E-state index contributed by atoms with van der Waals surface area (Å²) in [4.78, 5) is 2.38. The summed E-state index contributed by atoms with van der Waals surface area (Å²) in [5.41, 5.74) is 15.4. The van der Waals surface area contributed by atoms with E-state index in [0.717, 1.165) is 61.3 Å². The molecule has 0 unspecified atom stereocenters. The van der Waals surface area contributed by atoms with Gasteiger partial charge in [0.1, 0.15) is 11.2 Å². The number of fused-ring (bicyclic) bond motifs is 6. The second-order valence-electron chi connectivity index (χ2n) is 14.5. The zero-order chi connectivity index (χ0) is 37.7. The maximum atomic E-state index is 6.65. The Morgan fingerprint density at radius 2 is 0.825 bits per heavy atom. The van der Waals surface area contributed by atoms with E-state index in [1.54, 1.807) is 0 Å². The number of aromatic nitrogens is 1. The number of hydrogen-bond acceptors (Lipinski definition) is 2. The molecule has 3 nitrogen and oxygen atoms in total. The average molecular weight is 729 g/mol. The molecule has 9 aromatic carbocycles. The highest BCUT2D eigenvalue weighted by atomic mass is 16.3. The lowest BCUT2D eigenvalue weighted by molar-refractivity contribution is 0.669. The van der Waals surface area contributed by atoms with Crippen LogP contribution in [0, 0.1) is 0 Å². The van der Waals surface area contributed by atoms with Gasteiger partial charge in [-0.25, -0.2) is 0 Å². The molecule has 2 aromatic heterocycles. The second-order valence-corrected chi connectivity index (χ2v) is 14.5. The van der Waals surface area contributed by atoms with Gasteiger partial charge in [0.2, 0.25) is 0 Å². The molecule has 11 aromatic rings. The van der Waals surface area contributed by atoms with E-state index in [9.17, 15) is 0 Å². The lowest BCUT2D eigenvalue weighted by atomic mass is 9.94. The molecular formula is C54H36N2O. The van der Waals surface area contributed by atoms with Gasteiger partial charge >= 0.3 is 0 Å². The maximum absolute atomic E-state index is 6.65. The zero-order valence-corrected chi connectivity index (χ0v) is 31.1. The molecule has 0 aliphatic rings. The minimum Gasteiger partial charge on any atom is -0.456 e. The Morgan fingerprint density at radius 1 is 0.333 bits per heavy atom. The predicted octanol–water partition coefficient (Wildman–Crippen LogP) is 15.2. The van der Waals surface area contributed by atoms with E-state index in [2.05, 4.69) is 222 Å². The van der Waals surface area contributed by atoms with Crippen LogP contribution in [-0.4, -0.2) is 4.57 Å². The highest BCUT2D eigenvalue weighted by Crippen LogP contribution is 2.48. The molecule has 0 fully saturated rings. The molecule has 0 aliphatic carbocycles. The third-order valence-corrected chi connectivity index (χ3v) is 11.2.